The van der Waals surface area contributed by atoms with Gasteiger partial charge in [0.15, 0.2) is 0 Å². The second-order valence-corrected chi connectivity index (χ2v) is 9.23. The Bertz CT molecular complexity index is 1550. The molecule has 10 heteroatoms. The Hall–Kier alpha value is -4.83. The monoisotopic (exact) mass is 525 g/mol. The first kappa shape index (κ1) is 25.8. The molecular weight excluding hydrogens is 497 g/mol. The van der Waals surface area contributed by atoms with Crippen molar-refractivity contribution in [1.82, 2.24) is 14.9 Å². The van der Waals surface area contributed by atoms with Crippen LogP contribution in [0.15, 0.2) is 79.5 Å². The van der Waals surface area contributed by atoms with Gasteiger partial charge in [-0.25, -0.2) is 14.4 Å². The fourth-order valence-corrected chi connectivity index (χ4v) is 4.64. The Morgan fingerprint density at radius 2 is 1.82 bits per heavy atom. The molecular formula is C29H28FN7O2. The predicted molar refractivity (Wildman–Crippen MR) is 151 cm³/mol. The Morgan fingerprint density at radius 3 is 2.56 bits per heavy atom. The lowest BCUT2D eigenvalue weighted by Gasteiger charge is -2.35. The van der Waals surface area contributed by atoms with E-state index in [9.17, 15) is 9.59 Å². The minimum atomic E-state index is -0.362. The van der Waals surface area contributed by atoms with Crippen molar-refractivity contribution < 1.29 is 14.0 Å². The van der Waals surface area contributed by atoms with E-state index in [1.165, 1.54) is 12.1 Å². The van der Waals surface area contributed by atoms with Gasteiger partial charge in [0.1, 0.15) is 5.82 Å². The van der Waals surface area contributed by atoms with Gasteiger partial charge in [0.05, 0.1) is 17.7 Å². The van der Waals surface area contributed by atoms with Crippen LogP contribution in [0, 0.1) is 5.82 Å². The number of primary amides is 1. The highest BCUT2D eigenvalue weighted by Crippen LogP contribution is 2.30. The van der Waals surface area contributed by atoms with Crippen LogP contribution in [-0.2, 0) is 9.59 Å². The number of anilines is 4. The quantitative estimate of drug-likeness (QED) is 0.299. The fraction of sp³-hybridized carbons (Fsp3) is 0.172. The summed E-state index contributed by atoms with van der Waals surface area (Å²) in [4.78, 5) is 36.0. The molecule has 198 valence electrons. The van der Waals surface area contributed by atoms with E-state index in [1.807, 2.05) is 46.2 Å². The topological polar surface area (TPSA) is 116 Å². The van der Waals surface area contributed by atoms with Crippen LogP contribution in [-0.4, -0.2) is 59.4 Å². The fourth-order valence-electron chi connectivity index (χ4n) is 4.64. The van der Waals surface area contributed by atoms with Crippen molar-refractivity contribution >= 4 is 45.7 Å². The van der Waals surface area contributed by atoms with Gasteiger partial charge < -0.3 is 21.3 Å². The number of amides is 2. The maximum Gasteiger partial charge on any atom is 0.247 e. The number of nitrogens with zero attached hydrogens (tertiary/aromatic N) is 4. The molecule has 0 bridgehead atoms. The Morgan fingerprint density at radius 1 is 1.03 bits per heavy atom. The van der Waals surface area contributed by atoms with E-state index in [4.69, 9.17) is 10.7 Å². The molecule has 1 aliphatic rings. The molecule has 4 N–H and O–H groups in total. The number of hydrogen-bond acceptors (Lipinski definition) is 7. The van der Waals surface area contributed by atoms with Gasteiger partial charge in [-0.3, -0.25) is 14.5 Å². The highest BCUT2D eigenvalue weighted by Gasteiger charge is 2.20. The highest BCUT2D eigenvalue weighted by molar-refractivity contribution is 6.00. The van der Waals surface area contributed by atoms with Crippen molar-refractivity contribution in [2.45, 2.75) is 0 Å². The molecule has 3 aromatic carbocycles. The lowest BCUT2D eigenvalue weighted by atomic mass is 10.0. The molecule has 0 unspecified atom stereocenters. The molecule has 0 radical (unpaired) electrons. The normalized spacial score (nSPS) is 13.7. The smallest absolute Gasteiger partial charge is 0.247 e. The summed E-state index contributed by atoms with van der Waals surface area (Å²) in [6, 6.07) is 18.2. The van der Waals surface area contributed by atoms with Crippen LogP contribution in [0.5, 0.6) is 0 Å². The van der Waals surface area contributed by atoms with Crippen LogP contribution < -0.4 is 21.3 Å². The molecule has 2 heterocycles. The zero-order valence-corrected chi connectivity index (χ0v) is 21.2. The lowest BCUT2D eigenvalue weighted by molar-refractivity contribution is -0.119. The number of rotatable bonds is 8. The number of halogens is 1. The number of fused-ring (bicyclic) bond motifs is 1. The van der Waals surface area contributed by atoms with Crippen LogP contribution in [0.1, 0.15) is 0 Å². The van der Waals surface area contributed by atoms with Crippen molar-refractivity contribution in [3.05, 3.63) is 85.3 Å². The van der Waals surface area contributed by atoms with Gasteiger partial charge in [-0.2, -0.15) is 0 Å². The van der Waals surface area contributed by atoms with Gasteiger partial charge in [0.2, 0.25) is 17.8 Å². The molecule has 5 rings (SSSR count). The molecule has 1 aliphatic heterocycles. The minimum absolute atomic E-state index is 0.212. The van der Waals surface area contributed by atoms with Crippen molar-refractivity contribution in [3.8, 4) is 11.1 Å². The third-order valence-corrected chi connectivity index (χ3v) is 6.53. The lowest BCUT2D eigenvalue weighted by Crippen LogP contribution is -2.49. The Balaban J connectivity index is 1.35. The summed E-state index contributed by atoms with van der Waals surface area (Å²) in [5.74, 6) is -0.678. The van der Waals surface area contributed by atoms with E-state index in [1.54, 1.807) is 24.4 Å². The SMILES string of the molecule is C=CC(=O)Nc1cccc(-c2cccc3cnc(Nc4ccc(N5CCN(CC(N)=O)CC5)c(F)c4)nc23)c1. The third-order valence-electron chi connectivity index (χ3n) is 6.53. The van der Waals surface area contributed by atoms with Crippen molar-refractivity contribution in [1.29, 1.82) is 0 Å². The number of piperazine rings is 1. The van der Waals surface area contributed by atoms with Crippen LogP contribution in [0.4, 0.5) is 27.4 Å². The standard InChI is InChI=1S/C29H28FN7O2/c1-2-27(39)33-21-7-3-5-19(15-21)23-8-4-6-20-17-32-29(35-28(20)23)34-22-9-10-25(24(30)16-22)37-13-11-36(12-14-37)18-26(31)38/h2-10,15-17H,1,11-14,18H2,(H2,31,38)(H,33,39)(H,32,34,35). The van der Waals surface area contributed by atoms with Gasteiger partial charge >= 0.3 is 0 Å². The van der Waals surface area contributed by atoms with Crippen LogP contribution in [0.25, 0.3) is 22.0 Å². The minimum Gasteiger partial charge on any atom is -0.369 e. The van der Waals surface area contributed by atoms with Gasteiger partial charge in [-0.05, 0) is 42.0 Å². The summed E-state index contributed by atoms with van der Waals surface area (Å²) in [6.07, 6.45) is 2.94. The average Bonchev–Trinajstić information content (AvgIpc) is 2.93. The Labute approximate surface area is 225 Å². The molecule has 0 aliphatic carbocycles. The first-order chi connectivity index (χ1) is 18.9. The van der Waals surface area contributed by atoms with Gasteiger partial charge in [0.25, 0.3) is 0 Å². The summed E-state index contributed by atoms with van der Waals surface area (Å²) >= 11 is 0. The summed E-state index contributed by atoms with van der Waals surface area (Å²) in [5.41, 5.74) is 9.41. The molecule has 1 fully saturated rings. The van der Waals surface area contributed by atoms with E-state index in [0.29, 0.717) is 54.7 Å². The molecule has 2 amide bonds. The molecule has 1 saturated heterocycles. The van der Waals surface area contributed by atoms with Crippen LogP contribution in [0.2, 0.25) is 0 Å². The van der Waals surface area contributed by atoms with Gasteiger partial charge in [-0.15, -0.1) is 0 Å². The van der Waals surface area contributed by atoms with E-state index in [0.717, 1.165) is 16.5 Å². The maximum atomic E-state index is 15.1. The number of benzene rings is 3. The third kappa shape index (κ3) is 6.02. The zero-order chi connectivity index (χ0) is 27.4. The summed E-state index contributed by atoms with van der Waals surface area (Å²) in [5, 5.41) is 6.73. The number of aromatic nitrogens is 2. The first-order valence-electron chi connectivity index (χ1n) is 12.5. The molecule has 1 aromatic heterocycles. The molecule has 0 atom stereocenters. The van der Waals surface area contributed by atoms with Crippen LogP contribution in [0.3, 0.4) is 0 Å². The van der Waals surface area contributed by atoms with E-state index < -0.39 is 0 Å². The van der Waals surface area contributed by atoms with Gasteiger partial charge in [0, 0.05) is 54.7 Å². The summed E-state index contributed by atoms with van der Waals surface area (Å²) < 4.78 is 15.1. The molecule has 0 spiro atoms. The predicted octanol–water partition coefficient (Wildman–Crippen LogP) is 3.91. The number of carbonyl (C=O) groups excluding carboxylic acids is 2. The van der Waals surface area contributed by atoms with Crippen molar-refractivity contribution in [3.63, 3.8) is 0 Å². The molecule has 39 heavy (non-hydrogen) atoms. The molecule has 4 aromatic rings. The number of hydrogen-bond donors (Lipinski definition) is 3. The number of nitrogens with one attached hydrogen (secondary N) is 2. The first-order valence-corrected chi connectivity index (χ1v) is 12.5. The number of para-hydroxylation sites is 1. The summed E-state index contributed by atoms with van der Waals surface area (Å²) in [6.45, 7) is 6.18. The zero-order valence-electron chi connectivity index (χ0n) is 21.2. The highest BCUT2D eigenvalue weighted by atomic mass is 19.1. The number of carbonyl (C=O) groups is 2. The maximum absolute atomic E-state index is 15.1. The van der Waals surface area contributed by atoms with Crippen LogP contribution >= 0.6 is 0 Å². The van der Waals surface area contributed by atoms with E-state index >= 15 is 4.39 Å². The summed E-state index contributed by atoms with van der Waals surface area (Å²) in [7, 11) is 0. The van der Waals surface area contributed by atoms with Crippen molar-refractivity contribution in [2.75, 3.05) is 48.3 Å². The van der Waals surface area contributed by atoms with E-state index in [2.05, 4.69) is 22.2 Å². The van der Waals surface area contributed by atoms with Gasteiger partial charge in [-0.1, -0.05) is 36.9 Å². The number of nitrogens with two attached hydrogens (primary N) is 1. The molecule has 9 nitrogen and oxygen atoms in total. The van der Waals surface area contributed by atoms with E-state index in [-0.39, 0.29) is 24.2 Å². The largest absolute Gasteiger partial charge is 0.369 e. The Kier molecular flexibility index (Phi) is 7.46. The molecule has 0 saturated carbocycles. The van der Waals surface area contributed by atoms with Crippen molar-refractivity contribution in [2.24, 2.45) is 5.73 Å². The average molecular weight is 526 g/mol. The second kappa shape index (κ2) is 11.3. The second-order valence-electron chi connectivity index (χ2n) is 9.23.